The molecule has 0 aromatic carbocycles. The van der Waals surface area contributed by atoms with E-state index in [1.807, 2.05) is 26.8 Å². The van der Waals surface area contributed by atoms with Gasteiger partial charge in [0.1, 0.15) is 0 Å². The lowest BCUT2D eigenvalue weighted by Crippen LogP contribution is -2.39. The Bertz CT molecular complexity index is 309. The van der Waals surface area contributed by atoms with E-state index in [2.05, 4.69) is 5.43 Å². The molecule has 3 nitrogen and oxygen atoms in total. The molecule has 1 aromatic rings. The van der Waals surface area contributed by atoms with Gasteiger partial charge in [-0.05, 0) is 26.8 Å². The summed E-state index contributed by atoms with van der Waals surface area (Å²) in [5.74, 6) is 0. The number of nitrogens with zero attached hydrogens (tertiary/aromatic N) is 1. The second kappa shape index (κ2) is 3.01. The predicted molar refractivity (Wildman–Crippen MR) is 49.8 cm³/mol. The molecule has 0 aliphatic carbocycles. The van der Waals surface area contributed by atoms with Crippen molar-refractivity contribution in [3.8, 4) is 0 Å². The van der Waals surface area contributed by atoms with Crippen LogP contribution < -0.4 is 11.0 Å². The summed E-state index contributed by atoms with van der Waals surface area (Å²) in [5.41, 5.74) is 2.93. The van der Waals surface area contributed by atoms with Crippen LogP contribution >= 0.6 is 0 Å². The molecule has 0 unspecified atom stereocenters. The summed E-state index contributed by atoms with van der Waals surface area (Å²) in [7, 11) is 0. The highest BCUT2D eigenvalue weighted by Gasteiger charge is 2.08. The lowest BCUT2D eigenvalue weighted by molar-refractivity contribution is 0.546. The number of rotatable bonds is 1. The van der Waals surface area contributed by atoms with E-state index in [1.54, 1.807) is 12.3 Å². The van der Waals surface area contributed by atoms with Gasteiger partial charge in [-0.25, -0.2) is 4.68 Å². The van der Waals surface area contributed by atoms with E-state index in [4.69, 9.17) is 0 Å². The van der Waals surface area contributed by atoms with Crippen LogP contribution in [-0.4, -0.2) is 10.2 Å². The summed E-state index contributed by atoms with van der Waals surface area (Å²) in [4.78, 5) is 11.2. The van der Waals surface area contributed by atoms with Gasteiger partial charge in [0.2, 0.25) is 0 Å². The van der Waals surface area contributed by atoms with Gasteiger partial charge in [-0.1, -0.05) is 6.07 Å². The zero-order valence-electron chi connectivity index (χ0n) is 7.66. The van der Waals surface area contributed by atoms with E-state index in [0.717, 1.165) is 0 Å². The number of nitrogens with one attached hydrogen (secondary N) is 1. The van der Waals surface area contributed by atoms with Crippen LogP contribution in [0.5, 0.6) is 0 Å². The number of aromatic nitrogens is 1. The molecule has 1 N–H and O–H groups in total. The van der Waals surface area contributed by atoms with Crippen LogP contribution in [0.2, 0.25) is 0 Å². The molecule has 0 aliphatic rings. The molecule has 0 radical (unpaired) electrons. The molecule has 1 heterocycles. The Morgan fingerprint density at radius 2 is 2.00 bits per heavy atom. The minimum Gasteiger partial charge on any atom is -0.318 e. The fraction of sp³-hybridized carbons (Fsp3) is 0.444. The smallest absolute Gasteiger partial charge is 0.268 e. The Balaban J connectivity index is 2.91. The van der Waals surface area contributed by atoms with Gasteiger partial charge in [0.15, 0.2) is 0 Å². The predicted octanol–water partition coefficient (Wildman–Crippen LogP) is 1.19. The summed E-state index contributed by atoms with van der Waals surface area (Å²) in [6, 6.07) is 5.07. The molecular weight excluding hydrogens is 152 g/mol. The third-order valence-electron chi connectivity index (χ3n) is 1.28. The molecule has 0 amide bonds. The first-order chi connectivity index (χ1) is 5.49. The Kier molecular flexibility index (Phi) is 2.22. The fourth-order valence-corrected chi connectivity index (χ4v) is 0.881. The first kappa shape index (κ1) is 8.84. The maximum Gasteiger partial charge on any atom is 0.268 e. The number of hydrogen-bond donors (Lipinski definition) is 1. The van der Waals surface area contributed by atoms with Gasteiger partial charge >= 0.3 is 0 Å². The van der Waals surface area contributed by atoms with E-state index in [-0.39, 0.29) is 11.1 Å². The Labute approximate surface area is 72.0 Å². The van der Waals surface area contributed by atoms with Crippen molar-refractivity contribution in [1.29, 1.82) is 0 Å². The molecule has 0 spiro atoms. The van der Waals surface area contributed by atoms with Crippen molar-refractivity contribution in [3.05, 3.63) is 34.7 Å². The maximum atomic E-state index is 11.2. The third-order valence-corrected chi connectivity index (χ3v) is 1.28. The van der Waals surface area contributed by atoms with Gasteiger partial charge < -0.3 is 5.43 Å². The van der Waals surface area contributed by atoms with Gasteiger partial charge in [0.05, 0.1) is 0 Å². The summed E-state index contributed by atoms with van der Waals surface area (Å²) < 4.78 is 1.49. The first-order valence-corrected chi connectivity index (χ1v) is 3.95. The van der Waals surface area contributed by atoms with Crippen LogP contribution in [0, 0.1) is 0 Å². The molecule has 0 atom stereocenters. The van der Waals surface area contributed by atoms with E-state index in [1.165, 1.54) is 10.7 Å². The highest BCUT2D eigenvalue weighted by molar-refractivity contribution is 4.98. The Hall–Kier alpha value is -1.25. The molecule has 1 aromatic heterocycles. The summed E-state index contributed by atoms with van der Waals surface area (Å²) >= 11 is 0. The molecular formula is C9H14N2O. The normalized spacial score (nSPS) is 11.2. The van der Waals surface area contributed by atoms with Gasteiger partial charge in [-0.3, -0.25) is 4.79 Å². The SMILES string of the molecule is CC(C)(C)Nn1ccccc1=O. The molecule has 0 bridgehead atoms. The third kappa shape index (κ3) is 2.42. The van der Waals surface area contributed by atoms with Gasteiger partial charge in [0, 0.05) is 17.8 Å². The molecule has 0 fully saturated rings. The van der Waals surface area contributed by atoms with Gasteiger partial charge in [0.25, 0.3) is 5.56 Å². The lowest BCUT2D eigenvalue weighted by atomic mass is 10.1. The second-order valence-electron chi connectivity index (χ2n) is 3.77. The molecule has 12 heavy (non-hydrogen) atoms. The molecule has 3 heteroatoms. The average Bonchev–Trinajstić information content (AvgIpc) is 1.91. The average molecular weight is 166 g/mol. The van der Waals surface area contributed by atoms with Crippen LogP contribution in [0.3, 0.4) is 0 Å². The standard InChI is InChI=1S/C9H14N2O/c1-9(2,3)10-11-7-5-4-6-8(11)12/h4-7,10H,1-3H3. The van der Waals surface area contributed by atoms with Crippen LogP contribution in [0.1, 0.15) is 20.8 Å². The number of pyridine rings is 1. The highest BCUT2D eigenvalue weighted by Crippen LogP contribution is 1.99. The first-order valence-electron chi connectivity index (χ1n) is 3.95. The van der Waals surface area contributed by atoms with Crippen molar-refractivity contribution in [2.45, 2.75) is 26.3 Å². The van der Waals surface area contributed by atoms with E-state index in [9.17, 15) is 4.79 Å². The van der Waals surface area contributed by atoms with E-state index >= 15 is 0 Å². The van der Waals surface area contributed by atoms with E-state index in [0.29, 0.717) is 0 Å². The van der Waals surface area contributed by atoms with Crippen molar-refractivity contribution in [3.63, 3.8) is 0 Å². The molecule has 66 valence electrons. The molecule has 0 aliphatic heterocycles. The van der Waals surface area contributed by atoms with Crippen molar-refractivity contribution in [2.24, 2.45) is 0 Å². The van der Waals surface area contributed by atoms with Crippen molar-refractivity contribution < 1.29 is 0 Å². The van der Waals surface area contributed by atoms with Crippen LogP contribution in [0.15, 0.2) is 29.2 Å². The van der Waals surface area contributed by atoms with Crippen molar-refractivity contribution in [1.82, 2.24) is 4.68 Å². The van der Waals surface area contributed by atoms with Crippen LogP contribution in [-0.2, 0) is 0 Å². The van der Waals surface area contributed by atoms with Crippen LogP contribution in [0.4, 0.5) is 0 Å². The fourth-order valence-electron chi connectivity index (χ4n) is 0.881. The summed E-state index contributed by atoms with van der Waals surface area (Å²) in [5, 5.41) is 0. The lowest BCUT2D eigenvalue weighted by Gasteiger charge is -2.22. The van der Waals surface area contributed by atoms with Crippen molar-refractivity contribution >= 4 is 0 Å². The zero-order valence-corrected chi connectivity index (χ0v) is 7.66. The van der Waals surface area contributed by atoms with Crippen LogP contribution in [0.25, 0.3) is 0 Å². The Morgan fingerprint density at radius 3 is 2.50 bits per heavy atom. The second-order valence-corrected chi connectivity index (χ2v) is 3.77. The topological polar surface area (TPSA) is 34.0 Å². The Morgan fingerprint density at radius 1 is 1.33 bits per heavy atom. The van der Waals surface area contributed by atoms with Gasteiger partial charge in [-0.2, -0.15) is 0 Å². The minimum absolute atomic E-state index is 0.0348. The molecule has 1 rings (SSSR count). The highest BCUT2D eigenvalue weighted by atomic mass is 16.1. The molecule has 0 saturated carbocycles. The zero-order chi connectivity index (χ0) is 9.19. The van der Waals surface area contributed by atoms with Gasteiger partial charge in [-0.15, -0.1) is 0 Å². The van der Waals surface area contributed by atoms with E-state index < -0.39 is 0 Å². The maximum absolute atomic E-state index is 11.2. The monoisotopic (exact) mass is 166 g/mol. The number of hydrogen-bond acceptors (Lipinski definition) is 2. The summed E-state index contributed by atoms with van der Waals surface area (Å²) in [6.45, 7) is 6.02. The largest absolute Gasteiger partial charge is 0.318 e. The van der Waals surface area contributed by atoms with Crippen molar-refractivity contribution in [2.75, 3.05) is 5.43 Å². The molecule has 0 saturated heterocycles. The summed E-state index contributed by atoms with van der Waals surface area (Å²) in [6.07, 6.45) is 1.72. The minimum atomic E-state index is -0.0921. The quantitative estimate of drug-likeness (QED) is 0.680.